The van der Waals surface area contributed by atoms with Crippen LogP contribution in [0.15, 0.2) is 17.1 Å². The first-order valence-electron chi connectivity index (χ1n) is 11.6. The molecule has 2 heterocycles. The fourth-order valence-electron chi connectivity index (χ4n) is 4.63. The Hall–Kier alpha value is -2.15. The third-order valence-electron chi connectivity index (χ3n) is 6.22. The van der Waals surface area contributed by atoms with Gasteiger partial charge in [-0.25, -0.2) is 4.99 Å². The standard InChI is InChI=1S/C23H33ClN4O3/c1-2-25-23(26-14-16-12-19(24)21-20(13-16)30-10-11-31-21)27-18-8-9-28(15-18)22(29)17-6-4-3-5-7-17/h12-13,17-18H,2-11,14-15H2,1H3,(H2,25,26,27). The van der Waals surface area contributed by atoms with Crippen LogP contribution in [-0.2, 0) is 11.3 Å². The van der Waals surface area contributed by atoms with Gasteiger partial charge in [0.15, 0.2) is 17.5 Å². The van der Waals surface area contributed by atoms with E-state index < -0.39 is 0 Å². The summed E-state index contributed by atoms with van der Waals surface area (Å²) < 4.78 is 11.2. The van der Waals surface area contributed by atoms with E-state index in [2.05, 4.69) is 10.6 Å². The van der Waals surface area contributed by atoms with Gasteiger partial charge < -0.3 is 25.0 Å². The minimum atomic E-state index is 0.217. The Balaban J connectivity index is 1.35. The normalized spacial score (nSPS) is 21.8. The summed E-state index contributed by atoms with van der Waals surface area (Å²) >= 11 is 6.35. The smallest absolute Gasteiger partial charge is 0.225 e. The molecule has 2 N–H and O–H groups in total. The van der Waals surface area contributed by atoms with E-state index in [0.29, 0.717) is 42.2 Å². The number of benzene rings is 1. The molecule has 1 saturated carbocycles. The number of guanidine groups is 1. The Labute approximate surface area is 189 Å². The molecule has 1 atom stereocenters. The van der Waals surface area contributed by atoms with Gasteiger partial charge in [-0.1, -0.05) is 30.9 Å². The number of nitrogens with one attached hydrogen (secondary N) is 2. The lowest BCUT2D eigenvalue weighted by atomic mass is 9.88. The van der Waals surface area contributed by atoms with Crippen molar-refractivity contribution in [2.75, 3.05) is 32.8 Å². The van der Waals surface area contributed by atoms with Crippen molar-refractivity contribution in [3.63, 3.8) is 0 Å². The number of halogens is 1. The van der Waals surface area contributed by atoms with E-state index in [0.717, 1.165) is 50.4 Å². The molecule has 8 heteroatoms. The SMILES string of the molecule is CCNC(=NCc1cc(Cl)c2c(c1)OCCO2)NC1CCN(C(=O)C2CCCCC2)C1. The van der Waals surface area contributed by atoms with Crippen molar-refractivity contribution < 1.29 is 14.3 Å². The Morgan fingerprint density at radius 2 is 2.00 bits per heavy atom. The highest BCUT2D eigenvalue weighted by Gasteiger charge is 2.31. The molecular formula is C23H33ClN4O3. The number of ether oxygens (including phenoxy) is 2. The van der Waals surface area contributed by atoms with Crippen molar-refractivity contribution >= 4 is 23.5 Å². The second-order valence-electron chi connectivity index (χ2n) is 8.55. The Morgan fingerprint density at radius 3 is 2.81 bits per heavy atom. The summed E-state index contributed by atoms with van der Waals surface area (Å²) in [5, 5.41) is 7.37. The average molecular weight is 449 g/mol. The predicted octanol–water partition coefficient (Wildman–Crippen LogP) is 3.35. The molecule has 1 aromatic carbocycles. The number of fused-ring (bicyclic) bond motifs is 1. The molecule has 31 heavy (non-hydrogen) atoms. The number of nitrogens with zero attached hydrogens (tertiary/aromatic N) is 2. The number of likely N-dealkylation sites (tertiary alicyclic amines) is 1. The van der Waals surface area contributed by atoms with Crippen molar-refractivity contribution in [1.82, 2.24) is 15.5 Å². The van der Waals surface area contributed by atoms with E-state index in [1.807, 2.05) is 24.0 Å². The number of hydrogen-bond acceptors (Lipinski definition) is 4. The van der Waals surface area contributed by atoms with Gasteiger partial charge in [0.25, 0.3) is 0 Å². The predicted molar refractivity (Wildman–Crippen MR) is 122 cm³/mol. The molecule has 4 rings (SSSR count). The summed E-state index contributed by atoms with van der Waals surface area (Å²) in [5.74, 6) is 2.62. The van der Waals surface area contributed by atoms with Gasteiger partial charge in [-0.05, 0) is 43.9 Å². The van der Waals surface area contributed by atoms with Crippen LogP contribution in [0.5, 0.6) is 11.5 Å². The fourth-order valence-corrected chi connectivity index (χ4v) is 4.91. The summed E-state index contributed by atoms with van der Waals surface area (Å²) in [6.45, 7) is 5.90. The summed E-state index contributed by atoms with van der Waals surface area (Å²) in [5.41, 5.74) is 0.965. The molecule has 0 aromatic heterocycles. The van der Waals surface area contributed by atoms with Crippen LogP contribution in [0.4, 0.5) is 0 Å². The zero-order valence-electron chi connectivity index (χ0n) is 18.3. The maximum atomic E-state index is 12.8. The van der Waals surface area contributed by atoms with Crippen LogP contribution in [0.2, 0.25) is 5.02 Å². The summed E-state index contributed by atoms with van der Waals surface area (Å²) in [6, 6.07) is 4.03. The average Bonchev–Trinajstić information content (AvgIpc) is 3.26. The second-order valence-corrected chi connectivity index (χ2v) is 8.95. The van der Waals surface area contributed by atoms with Crippen LogP contribution >= 0.6 is 11.6 Å². The van der Waals surface area contributed by atoms with Crippen LogP contribution < -0.4 is 20.1 Å². The lowest BCUT2D eigenvalue weighted by Crippen LogP contribution is -2.45. The summed E-state index contributed by atoms with van der Waals surface area (Å²) in [4.78, 5) is 19.6. The number of carbonyl (C=O) groups excluding carboxylic acids is 1. The van der Waals surface area contributed by atoms with Gasteiger partial charge in [0, 0.05) is 31.6 Å². The van der Waals surface area contributed by atoms with E-state index in [1.54, 1.807) is 0 Å². The monoisotopic (exact) mass is 448 g/mol. The zero-order chi connectivity index (χ0) is 21.6. The molecule has 170 valence electrons. The molecular weight excluding hydrogens is 416 g/mol. The van der Waals surface area contributed by atoms with E-state index in [1.165, 1.54) is 19.3 Å². The molecule has 1 aromatic rings. The lowest BCUT2D eigenvalue weighted by molar-refractivity contribution is -0.135. The van der Waals surface area contributed by atoms with E-state index in [4.69, 9.17) is 26.1 Å². The molecule has 2 fully saturated rings. The molecule has 0 radical (unpaired) electrons. The van der Waals surface area contributed by atoms with Crippen LogP contribution in [0, 0.1) is 5.92 Å². The first-order chi connectivity index (χ1) is 15.1. The minimum absolute atomic E-state index is 0.217. The van der Waals surface area contributed by atoms with Gasteiger partial charge in [0.05, 0.1) is 11.6 Å². The molecule has 1 unspecified atom stereocenters. The quantitative estimate of drug-likeness (QED) is 0.533. The van der Waals surface area contributed by atoms with E-state index >= 15 is 0 Å². The van der Waals surface area contributed by atoms with E-state index in [9.17, 15) is 4.79 Å². The zero-order valence-corrected chi connectivity index (χ0v) is 19.0. The molecule has 2 aliphatic heterocycles. The minimum Gasteiger partial charge on any atom is -0.486 e. The largest absolute Gasteiger partial charge is 0.486 e. The number of aliphatic imine (C=N–C) groups is 1. The van der Waals surface area contributed by atoms with Gasteiger partial charge in [-0.15, -0.1) is 0 Å². The topological polar surface area (TPSA) is 75.2 Å². The van der Waals surface area contributed by atoms with Crippen molar-refractivity contribution in [2.45, 2.75) is 58.0 Å². The Kier molecular flexibility index (Phi) is 7.43. The van der Waals surface area contributed by atoms with Crippen LogP contribution in [0.25, 0.3) is 0 Å². The molecule has 1 saturated heterocycles. The van der Waals surface area contributed by atoms with Crippen LogP contribution in [0.1, 0.15) is 51.0 Å². The third-order valence-corrected chi connectivity index (χ3v) is 6.50. The van der Waals surface area contributed by atoms with Crippen LogP contribution in [-0.4, -0.2) is 55.7 Å². The van der Waals surface area contributed by atoms with Crippen molar-refractivity contribution in [2.24, 2.45) is 10.9 Å². The first kappa shape index (κ1) is 22.1. The van der Waals surface area contributed by atoms with Crippen molar-refractivity contribution in [3.05, 3.63) is 22.7 Å². The molecule has 1 amide bonds. The van der Waals surface area contributed by atoms with Gasteiger partial charge in [0.1, 0.15) is 13.2 Å². The molecule has 0 bridgehead atoms. The van der Waals surface area contributed by atoms with Crippen LogP contribution in [0.3, 0.4) is 0 Å². The fraction of sp³-hybridized carbons (Fsp3) is 0.652. The van der Waals surface area contributed by atoms with Gasteiger partial charge >= 0.3 is 0 Å². The molecule has 0 spiro atoms. The maximum Gasteiger partial charge on any atom is 0.225 e. The van der Waals surface area contributed by atoms with Gasteiger partial charge in [-0.3, -0.25) is 4.79 Å². The first-order valence-corrected chi connectivity index (χ1v) is 11.9. The van der Waals surface area contributed by atoms with Crippen molar-refractivity contribution in [3.8, 4) is 11.5 Å². The Morgan fingerprint density at radius 1 is 1.19 bits per heavy atom. The molecule has 7 nitrogen and oxygen atoms in total. The summed E-state index contributed by atoms with van der Waals surface area (Å²) in [6.07, 6.45) is 6.69. The number of carbonyl (C=O) groups is 1. The molecule has 3 aliphatic rings. The second kappa shape index (κ2) is 10.4. The summed E-state index contributed by atoms with van der Waals surface area (Å²) in [7, 11) is 0. The van der Waals surface area contributed by atoms with Gasteiger partial charge in [-0.2, -0.15) is 0 Å². The highest BCUT2D eigenvalue weighted by Crippen LogP contribution is 2.38. The maximum absolute atomic E-state index is 12.8. The van der Waals surface area contributed by atoms with E-state index in [-0.39, 0.29) is 12.0 Å². The number of amides is 1. The van der Waals surface area contributed by atoms with Gasteiger partial charge in [0.2, 0.25) is 5.91 Å². The highest BCUT2D eigenvalue weighted by atomic mass is 35.5. The van der Waals surface area contributed by atoms with Crippen molar-refractivity contribution in [1.29, 1.82) is 0 Å². The lowest BCUT2D eigenvalue weighted by Gasteiger charge is -2.26. The number of hydrogen-bond donors (Lipinski definition) is 2. The molecule has 1 aliphatic carbocycles. The highest BCUT2D eigenvalue weighted by molar-refractivity contribution is 6.32. The Bertz CT molecular complexity index is 810. The third kappa shape index (κ3) is 5.56. The number of rotatable bonds is 5.